The maximum atomic E-state index is 12.2. The van der Waals surface area contributed by atoms with Gasteiger partial charge in [0, 0.05) is 22.2 Å². The highest BCUT2D eigenvalue weighted by atomic mass is 35.5. The Hall–Kier alpha value is -2.11. The maximum absolute atomic E-state index is 12.2. The number of methoxy groups -OCH3 is 2. The Bertz CT molecular complexity index is 753. The van der Waals surface area contributed by atoms with Crippen molar-refractivity contribution < 1.29 is 14.3 Å². The predicted molar refractivity (Wildman–Crippen MR) is 99.8 cm³/mol. The fraction of sp³-hybridized carbons (Fsp3) is 0.278. The molecule has 0 aromatic heterocycles. The number of ether oxygens (including phenoxy) is 2. The molecular weight excluding hydrogens is 363 g/mol. The van der Waals surface area contributed by atoms with E-state index in [1.807, 2.05) is 19.1 Å². The van der Waals surface area contributed by atoms with E-state index in [9.17, 15) is 4.79 Å². The van der Waals surface area contributed by atoms with Gasteiger partial charge in [-0.15, -0.1) is 0 Å². The van der Waals surface area contributed by atoms with E-state index in [2.05, 4.69) is 10.6 Å². The van der Waals surface area contributed by atoms with Crippen molar-refractivity contribution in [2.45, 2.75) is 19.5 Å². The monoisotopic (exact) mass is 382 g/mol. The van der Waals surface area contributed by atoms with Gasteiger partial charge in [0.2, 0.25) is 0 Å². The van der Waals surface area contributed by atoms with Gasteiger partial charge in [0.25, 0.3) is 0 Å². The minimum Gasteiger partial charge on any atom is -0.493 e. The van der Waals surface area contributed by atoms with E-state index in [1.54, 1.807) is 38.5 Å². The molecule has 0 aliphatic carbocycles. The van der Waals surface area contributed by atoms with Crippen LogP contribution in [0.3, 0.4) is 0 Å². The molecule has 1 atom stereocenters. The normalized spacial score (nSPS) is 11.6. The average molecular weight is 383 g/mol. The van der Waals surface area contributed by atoms with Crippen molar-refractivity contribution in [1.82, 2.24) is 10.6 Å². The third-order valence-electron chi connectivity index (χ3n) is 3.70. The van der Waals surface area contributed by atoms with Gasteiger partial charge in [-0.1, -0.05) is 41.4 Å². The molecule has 2 aromatic rings. The molecule has 0 aliphatic rings. The minimum atomic E-state index is -0.316. The van der Waals surface area contributed by atoms with Crippen molar-refractivity contribution in [3.8, 4) is 11.5 Å². The molecule has 134 valence electrons. The first-order valence-corrected chi connectivity index (χ1v) is 8.41. The number of benzene rings is 2. The lowest BCUT2D eigenvalue weighted by molar-refractivity contribution is 0.237. The highest BCUT2D eigenvalue weighted by Gasteiger charge is 2.14. The van der Waals surface area contributed by atoms with Crippen LogP contribution in [0.15, 0.2) is 36.4 Å². The molecule has 5 nitrogen and oxygen atoms in total. The number of para-hydroxylation sites is 1. The Morgan fingerprint density at radius 3 is 2.56 bits per heavy atom. The number of rotatable bonds is 6. The number of urea groups is 1. The molecule has 0 saturated carbocycles. The van der Waals surface area contributed by atoms with Crippen LogP contribution in [0.4, 0.5) is 4.79 Å². The molecule has 2 amide bonds. The molecule has 0 radical (unpaired) electrons. The number of amides is 2. The molecular formula is C18H20Cl2N2O3. The summed E-state index contributed by atoms with van der Waals surface area (Å²) in [5, 5.41) is 6.71. The van der Waals surface area contributed by atoms with Crippen molar-refractivity contribution in [1.29, 1.82) is 0 Å². The molecule has 2 N–H and O–H groups in total. The number of carbonyl (C=O) groups is 1. The van der Waals surface area contributed by atoms with E-state index in [1.165, 1.54) is 0 Å². The third-order valence-corrected chi connectivity index (χ3v) is 4.26. The average Bonchev–Trinajstić information content (AvgIpc) is 2.59. The summed E-state index contributed by atoms with van der Waals surface area (Å²) in [7, 11) is 3.13. The van der Waals surface area contributed by atoms with Crippen LogP contribution < -0.4 is 20.1 Å². The number of hydrogen-bond acceptors (Lipinski definition) is 3. The van der Waals surface area contributed by atoms with Crippen LogP contribution in [0.5, 0.6) is 11.5 Å². The molecule has 0 saturated heterocycles. The van der Waals surface area contributed by atoms with Gasteiger partial charge in [0.05, 0.1) is 20.3 Å². The van der Waals surface area contributed by atoms with Crippen LogP contribution in [0.1, 0.15) is 24.1 Å². The summed E-state index contributed by atoms with van der Waals surface area (Å²) in [6, 6.07) is 10.1. The van der Waals surface area contributed by atoms with E-state index < -0.39 is 0 Å². The summed E-state index contributed by atoms with van der Waals surface area (Å²) in [6.07, 6.45) is 0. The van der Waals surface area contributed by atoms with Crippen molar-refractivity contribution in [3.63, 3.8) is 0 Å². The minimum absolute atomic E-state index is 0.267. The van der Waals surface area contributed by atoms with Crippen molar-refractivity contribution in [3.05, 3.63) is 57.6 Å². The fourth-order valence-corrected chi connectivity index (χ4v) is 3.02. The van der Waals surface area contributed by atoms with Gasteiger partial charge in [0.1, 0.15) is 0 Å². The zero-order valence-electron chi connectivity index (χ0n) is 14.2. The van der Waals surface area contributed by atoms with Crippen LogP contribution in [0, 0.1) is 0 Å². The van der Waals surface area contributed by atoms with E-state index in [4.69, 9.17) is 32.7 Å². The lowest BCUT2D eigenvalue weighted by Crippen LogP contribution is -2.36. The zero-order valence-corrected chi connectivity index (χ0v) is 15.7. The van der Waals surface area contributed by atoms with Crippen LogP contribution in [-0.4, -0.2) is 20.3 Å². The largest absolute Gasteiger partial charge is 0.493 e. The Balaban J connectivity index is 1.99. The van der Waals surface area contributed by atoms with E-state index in [0.29, 0.717) is 28.1 Å². The zero-order chi connectivity index (χ0) is 18.4. The smallest absolute Gasteiger partial charge is 0.315 e. The first-order chi connectivity index (χ1) is 12.0. The number of carbonyl (C=O) groups excluding carboxylic acids is 1. The molecule has 0 bridgehead atoms. The predicted octanol–water partition coefficient (Wildman–Crippen LogP) is 4.57. The molecule has 25 heavy (non-hydrogen) atoms. The Kier molecular flexibility index (Phi) is 6.79. The fourth-order valence-electron chi connectivity index (χ4n) is 2.45. The van der Waals surface area contributed by atoms with Gasteiger partial charge >= 0.3 is 6.03 Å². The molecule has 0 fully saturated rings. The number of nitrogens with one attached hydrogen (secondary N) is 2. The summed E-state index contributed by atoms with van der Waals surface area (Å²) >= 11 is 12.1. The SMILES string of the molecule is COc1cccc(CNC(=O)NC(C)c2ccc(Cl)cc2Cl)c1OC. The Morgan fingerprint density at radius 2 is 1.92 bits per heavy atom. The van der Waals surface area contributed by atoms with Crippen molar-refractivity contribution >= 4 is 29.2 Å². The van der Waals surface area contributed by atoms with Crippen LogP contribution in [0.25, 0.3) is 0 Å². The van der Waals surface area contributed by atoms with Crippen molar-refractivity contribution in [2.24, 2.45) is 0 Å². The summed E-state index contributed by atoms with van der Waals surface area (Å²) in [5.74, 6) is 1.21. The van der Waals surface area contributed by atoms with Crippen LogP contribution in [-0.2, 0) is 6.54 Å². The van der Waals surface area contributed by atoms with Gasteiger partial charge in [0.15, 0.2) is 11.5 Å². The van der Waals surface area contributed by atoms with E-state index >= 15 is 0 Å². The second-order valence-corrected chi connectivity index (χ2v) is 6.21. The van der Waals surface area contributed by atoms with E-state index in [0.717, 1.165) is 11.1 Å². The molecule has 1 unspecified atom stereocenters. The van der Waals surface area contributed by atoms with Crippen LogP contribution >= 0.6 is 23.2 Å². The molecule has 0 heterocycles. The lowest BCUT2D eigenvalue weighted by Gasteiger charge is -2.17. The van der Waals surface area contributed by atoms with Crippen LogP contribution in [0.2, 0.25) is 10.0 Å². The Morgan fingerprint density at radius 1 is 1.16 bits per heavy atom. The molecule has 0 spiro atoms. The van der Waals surface area contributed by atoms with Gasteiger partial charge in [-0.3, -0.25) is 0 Å². The maximum Gasteiger partial charge on any atom is 0.315 e. The molecule has 0 aliphatic heterocycles. The molecule has 7 heteroatoms. The molecule has 2 rings (SSSR count). The lowest BCUT2D eigenvalue weighted by atomic mass is 10.1. The number of hydrogen-bond donors (Lipinski definition) is 2. The van der Waals surface area contributed by atoms with Crippen molar-refractivity contribution in [2.75, 3.05) is 14.2 Å². The second-order valence-electron chi connectivity index (χ2n) is 5.37. The summed E-state index contributed by atoms with van der Waals surface area (Å²) in [6.45, 7) is 2.15. The third kappa shape index (κ3) is 4.94. The van der Waals surface area contributed by atoms with Gasteiger partial charge in [-0.25, -0.2) is 4.79 Å². The Labute approximate surface area is 157 Å². The quantitative estimate of drug-likeness (QED) is 0.768. The number of halogens is 2. The highest BCUT2D eigenvalue weighted by molar-refractivity contribution is 6.35. The summed E-state index contributed by atoms with van der Waals surface area (Å²) < 4.78 is 10.6. The summed E-state index contributed by atoms with van der Waals surface area (Å²) in [4.78, 5) is 12.2. The first kappa shape index (κ1) is 19.2. The topological polar surface area (TPSA) is 59.6 Å². The first-order valence-electron chi connectivity index (χ1n) is 7.65. The second kappa shape index (κ2) is 8.83. The van der Waals surface area contributed by atoms with E-state index in [-0.39, 0.29) is 12.1 Å². The standard InChI is InChI=1S/C18H20Cl2N2O3/c1-11(14-8-7-13(19)9-15(14)20)22-18(23)21-10-12-5-4-6-16(24-2)17(12)25-3/h4-9,11H,10H2,1-3H3,(H2,21,22,23). The molecule has 2 aromatic carbocycles. The highest BCUT2D eigenvalue weighted by Crippen LogP contribution is 2.30. The summed E-state index contributed by atoms with van der Waals surface area (Å²) in [5.41, 5.74) is 1.61. The van der Waals surface area contributed by atoms with Gasteiger partial charge in [-0.05, 0) is 30.7 Å². The van der Waals surface area contributed by atoms with Gasteiger partial charge < -0.3 is 20.1 Å². The van der Waals surface area contributed by atoms with Gasteiger partial charge in [-0.2, -0.15) is 0 Å².